The van der Waals surface area contributed by atoms with Crippen LogP contribution in [0.25, 0.3) is 0 Å². The molecule has 1 atom stereocenters. The van der Waals surface area contributed by atoms with Crippen molar-refractivity contribution in [1.82, 2.24) is 4.57 Å². The predicted octanol–water partition coefficient (Wildman–Crippen LogP) is 1.54. The van der Waals surface area contributed by atoms with Crippen molar-refractivity contribution in [2.75, 3.05) is 11.5 Å². The number of carboxylic acid groups (broad SMARTS) is 1. The molecule has 2 aromatic rings. The molecule has 3 rings (SSSR count). The van der Waals surface area contributed by atoms with Crippen molar-refractivity contribution >= 4 is 27.7 Å². The largest absolute Gasteiger partial charge is 0.494 e. The molecule has 0 unspecified atom stereocenters. The van der Waals surface area contributed by atoms with Crippen molar-refractivity contribution < 1.29 is 23.4 Å². The van der Waals surface area contributed by atoms with Gasteiger partial charge in [-0.25, -0.2) is 13.2 Å². The number of rotatable bonds is 4. The molecule has 1 aromatic heterocycles. The number of pyridine rings is 1. The Morgan fingerprint density at radius 2 is 2.14 bits per heavy atom. The van der Waals surface area contributed by atoms with Gasteiger partial charge in [0.25, 0.3) is 5.56 Å². The fourth-order valence-electron chi connectivity index (χ4n) is 3.27. The Hall–Kier alpha value is -3.45. The molecule has 150 valence electrons. The lowest BCUT2D eigenvalue weighted by molar-refractivity contribution is 0.0697. The molecule has 1 saturated heterocycles. The lowest BCUT2D eigenvalue weighted by atomic mass is 10.0. The second kappa shape index (κ2) is 7.52. The van der Waals surface area contributed by atoms with Crippen LogP contribution in [0.2, 0.25) is 0 Å². The van der Waals surface area contributed by atoms with Gasteiger partial charge in [-0.05, 0) is 37.1 Å². The summed E-state index contributed by atoms with van der Waals surface area (Å²) in [7, 11) is -3.33. The van der Waals surface area contributed by atoms with E-state index in [1.807, 2.05) is 0 Å². The van der Waals surface area contributed by atoms with Crippen LogP contribution in [0.5, 0.6) is 5.88 Å². The summed E-state index contributed by atoms with van der Waals surface area (Å²) in [6, 6.07) is 6.82. The van der Waals surface area contributed by atoms with Gasteiger partial charge in [0.1, 0.15) is 11.6 Å². The third-order valence-corrected chi connectivity index (χ3v) is 6.55. The summed E-state index contributed by atoms with van der Waals surface area (Å²) < 4.78 is 24.5. The van der Waals surface area contributed by atoms with Crippen LogP contribution in [0.3, 0.4) is 0 Å². The number of hydrogen-bond donors (Lipinski definition) is 2. The van der Waals surface area contributed by atoms with Crippen LogP contribution in [0, 0.1) is 18.3 Å². The van der Waals surface area contributed by atoms with Crippen molar-refractivity contribution in [1.29, 1.82) is 5.26 Å². The summed E-state index contributed by atoms with van der Waals surface area (Å²) in [6.45, 7) is 1.48. The average molecular weight is 415 g/mol. The molecule has 0 spiro atoms. The summed E-state index contributed by atoms with van der Waals surface area (Å²) >= 11 is 0. The van der Waals surface area contributed by atoms with Crippen LogP contribution in [-0.2, 0) is 9.84 Å². The van der Waals surface area contributed by atoms with E-state index in [9.17, 15) is 28.4 Å². The number of aliphatic imine (C=N–C) groups is 1. The molecule has 1 fully saturated rings. The van der Waals surface area contributed by atoms with E-state index in [1.165, 1.54) is 31.3 Å². The normalized spacial score (nSPS) is 18.0. The van der Waals surface area contributed by atoms with Gasteiger partial charge in [0, 0.05) is 6.21 Å². The van der Waals surface area contributed by atoms with E-state index in [-0.39, 0.29) is 40.2 Å². The number of nitrogens with zero attached hydrogens (tertiary/aromatic N) is 3. The molecule has 0 amide bonds. The number of aromatic carboxylic acids is 1. The quantitative estimate of drug-likeness (QED) is 0.719. The number of aromatic nitrogens is 1. The molecule has 2 N–H and O–H groups in total. The van der Waals surface area contributed by atoms with Gasteiger partial charge in [0.2, 0.25) is 5.88 Å². The summed E-state index contributed by atoms with van der Waals surface area (Å²) in [5, 5.41) is 29.2. The molecule has 9 nitrogen and oxygen atoms in total. The van der Waals surface area contributed by atoms with E-state index in [0.29, 0.717) is 5.69 Å². The maximum atomic E-state index is 12.7. The fourth-order valence-corrected chi connectivity index (χ4v) is 4.97. The molecule has 1 aromatic carbocycles. The van der Waals surface area contributed by atoms with Gasteiger partial charge in [0.15, 0.2) is 9.84 Å². The highest BCUT2D eigenvalue weighted by Gasteiger charge is 2.33. The number of aromatic hydroxyl groups is 1. The highest BCUT2D eigenvalue weighted by molar-refractivity contribution is 7.91. The SMILES string of the molecule is Cc1c(C=Nc2cccc(C(=O)O)c2)c(O)n([C@H]2CCS(=O)(=O)C2)c(=O)c1C#N. The Balaban J connectivity index is 2.13. The molecule has 0 bridgehead atoms. The first-order valence-electron chi connectivity index (χ1n) is 8.60. The molecule has 0 aliphatic carbocycles. The van der Waals surface area contributed by atoms with Crippen molar-refractivity contribution in [3.8, 4) is 11.9 Å². The van der Waals surface area contributed by atoms with Crippen LogP contribution < -0.4 is 5.56 Å². The van der Waals surface area contributed by atoms with Gasteiger partial charge in [-0.15, -0.1) is 0 Å². The highest BCUT2D eigenvalue weighted by atomic mass is 32.2. The first-order valence-corrected chi connectivity index (χ1v) is 10.4. The molecule has 10 heteroatoms. The minimum absolute atomic E-state index is 0.0273. The Labute approximate surface area is 166 Å². The average Bonchev–Trinajstić information content (AvgIpc) is 3.01. The monoisotopic (exact) mass is 415 g/mol. The zero-order valence-electron chi connectivity index (χ0n) is 15.4. The van der Waals surface area contributed by atoms with E-state index >= 15 is 0 Å². The Kier molecular flexibility index (Phi) is 5.26. The number of carboxylic acids is 1. The standard InChI is InChI=1S/C19H17N3O6S/c1-11-15(8-20)17(23)22(14-5-6-29(27,28)10-14)18(24)16(11)9-21-13-4-2-3-12(7-13)19(25)26/h2-4,7,9,14,24H,5-6,10H2,1H3,(H,25,26)/t14-/m0/s1. The zero-order chi connectivity index (χ0) is 21.3. The number of nitriles is 1. The molecule has 1 aliphatic heterocycles. The second-order valence-corrected chi connectivity index (χ2v) is 8.92. The van der Waals surface area contributed by atoms with Gasteiger partial charge >= 0.3 is 5.97 Å². The van der Waals surface area contributed by atoms with Crippen molar-refractivity contribution in [3.63, 3.8) is 0 Å². The van der Waals surface area contributed by atoms with E-state index in [4.69, 9.17) is 5.11 Å². The van der Waals surface area contributed by atoms with E-state index in [1.54, 1.807) is 12.1 Å². The summed E-state index contributed by atoms with van der Waals surface area (Å²) in [4.78, 5) is 27.9. The maximum absolute atomic E-state index is 12.7. The minimum Gasteiger partial charge on any atom is -0.494 e. The van der Waals surface area contributed by atoms with E-state index in [2.05, 4.69) is 4.99 Å². The summed E-state index contributed by atoms with van der Waals surface area (Å²) in [5.41, 5.74) is -0.360. The molecule has 0 radical (unpaired) electrons. The molecule has 0 saturated carbocycles. The second-order valence-electron chi connectivity index (χ2n) is 6.69. The predicted molar refractivity (Wildman–Crippen MR) is 105 cm³/mol. The third kappa shape index (κ3) is 3.90. The first-order chi connectivity index (χ1) is 13.6. The topological polar surface area (TPSA) is 150 Å². The van der Waals surface area contributed by atoms with Crippen molar-refractivity contribution in [3.05, 3.63) is 56.9 Å². The zero-order valence-corrected chi connectivity index (χ0v) is 16.2. The Bertz CT molecular complexity index is 1240. The van der Waals surface area contributed by atoms with Crippen LogP contribution in [-0.4, -0.2) is 46.9 Å². The Morgan fingerprint density at radius 1 is 1.41 bits per heavy atom. The number of carbonyl (C=O) groups is 1. The van der Waals surface area contributed by atoms with Crippen molar-refractivity contribution in [2.24, 2.45) is 4.99 Å². The summed E-state index contributed by atoms with van der Waals surface area (Å²) in [5.74, 6) is -2.01. The van der Waals surface area contributed by atoms with Crippen LogP contribution in [0.1, 0.15) is 39.5 Å². The molecule has 29 heavy (non-hydrogen) atoms. The van der Waals surface area contributed by atoms with Gasteiger partial charge in [-0.2, -0.15) is 5.26 Å². The van der Waals surface area contributed by atoms with Gasteiger partial charge in [0.05, 0.1) is 34.4 Å². The highest BCUT2D eigenvalue weighted by Crippen LogP contribution is 2.29. The van der Waals surface area contributed by atoms with Crippen LogP contribution in [0.4, 0.5) is 5.69 Å². The van der Waals surface area contributed by atoms with Gasteiger partial charge in [-0.1, -0.05) is 6.07 Å². The summed E-state index contributed by atoms with van der Waals surface area (Å²) in [6.07, 6.45) is 1.38. The molecule has 1 aliphatic rings. The number of benzene rings is 1. The lowest BCUT2D eigenvalue weighted by Gasteiger charge is -2.18. The molecule has 2 heterocycles. The number of hydrogen-bond acceptors (Lipinski definition) is 7. The minimum atomic E-state index is -3.33. The number of sulfone groups is 1. The molecular formula is C19H17N3O6S. The third-order valence-electron chi connectivity index (χ3n) is 4.80. The lowest BCUT2D eigenvalue weighted by Crippen LogP contribution is -2.29. The fraction of sp³-hybridized carbons (Fsp3) is 0.263. The molecular weight excluding hydrogens is 398 g/mol. The van der Waals surface area contributed by atoms with Crippen LogP contribution >= 0.6 is 0 Å². The van der Waals surface area contributed by atoms with E-state index < -0.39 is 33.3 Å². The smallest absolute Gasteiger partial charge is 0.335 e. The van der Waals surface area contributed by atoms with Gasteiger partial charge in [-0.3, -0.25) is 14.4 Å². The van der Waals surface area contributed by atoms with Crippen LogP contribution in [0.15, 0.2) is 34.1 Å². The van der Waals surface area contributed by atoms with Gasteiger partial charge < -0.3 is 10.2 Å². The first kappa shape index (κ1) is 20.3. The van der Waals surface area contributed by atoms with Crippen molar-refractivity contribution in [2.45, 2.75) is 19.4 Å². The Morgan fingerprint density at radius 3 is 2.72 bits per heavy atom. The maximum Gasteiger partial charge on any atom is 0.335 e. The van der Waals surface area contributed by atoms with E-state index in [0.717, 1.165) is 4.57 Å².